The minimum Gasteiger partial charge on any atom is -0.370 e. The molecule has 0 radical (unpaired) electrons. The van der Waals surface area contributed by atoms with Crippen LogP contribution in [0.4, 0.5) is 28.1 Å². The van der Waals surface area contributed by atoms with Gasteiger partial charge in [-0.3, -0.25) is 10.1 Å². The maximum Gasteiger partial charge on any atom is 0.311 e. The second kappa shape index (κ2) is 11.6. The first-order valence-corrected chi connectivity index (χ1v) is 12.3. The largest absolute Gasteiger partial charge is 0.370 e. The van der Waals surface area contributed by atoms with E-state index in [2.05, 4.69) is 53.6 Å². The fourth-order valence-electron chi connectivity index (χ4n) is 3.34. The van der Waals surface area contributed by atoms with Crippen LogP contribution in [0.5, 0.6) is 0 Å². The first-order valence-electron chi connectivity index (χ1n) is 11.4. The van der Waals surface area contributed by atoms with Gasteiger partial charge in [0.05, 0.1) is 10.6 Å². The van der Waals surface area contributed by atoms with E-state index >= 15 is 0 Å². The van der Waals surface area contributed by atoms with Crippen molar-refractivity contribution in [2.75, 3.05) is 35.2 Å². The molecule has 0 saturated heterocycles. The molecule has 0 bridgehead atoms. The zero-order chi connectivity index (χ0) is 23.8. The van der Waals surface area contributed by atoms with Crippen LogP contribution < -0.4 is 15.5 Å². The van der Waals surface area contributed by atoms with Crippen molar-refractivity contribution in [1.29, 1.82) is 0 Å². The van der Waals surface area contributed by atoms with E-state index in [0.29, 0.717) is 11.7 Å². The number of benzene rings is 1. The summed E-state index contributed by atoms with van der Waals surface area (Å²) in [5.41, 5.74) is 2.60. The Balaban J connectivity index is 1.77. The molecular weight excluding hydrogens is 436 g/mol. The van der Waals surface area contributed by atoms with Gasteiger partial charge in [-0.25, -0.2) is 9.97 Å². The van der Waals surface area contributed by atoms with Crippen LogP contribution in [0, 0.1) is 16.0 Å². The van der Waals surface area contributed by atoms with Crippen LogP contribution in [0.15, 0.2) is 41.8 Å². The van der Waals surface area contributed by atoms with E-state index in [9.17, 15) is 10.1 Å². The van der Waals surface area contributed by atoms with Gasteiger partial charge in [-0.05, 0) is 37.0 Å². The summed E-state index contributed by atoms with van der Waals surface area (Å²) < 4.78 is 0. The van der Waals surface area contributed by atoms with Gasteiger partial charge in [0, 0.05) is 42.3 Å². The summed E-state index contributed by atoms with van der Waals surface area (Å²) in [5, 5.41) is 20.9. The normalized spacial score (nSPS) is 10.9. The maximum absolute atomic E-state index is 11.5. The number of hydrogen-bond acceptors (Lipinski definition) is 8. The first-order chi connectivity index (χ1) is 15.9. The summed E-state index contributed by atoms with van der Waals surface area (Å²) in [5.74, 6) is 1.26. The smallest absolute Gasteiger partial charge is 0.311 e. The lowest BCUT2D eigenvalue weighted by Crippen LogP contribution is -2.24. The lowest BCUT2D eigenvalue weighted by atomic mass is 10.1. The van der Waals surface area contributed by atoms with Crippen molar-refractivity contribution in [3.05, 3.63) is 51.9 Å². The van der Waals surface area contributed by atoms with E-state index < -0.39 is 4.92 Å². The Kier molecular flexibility index (Phi) is 8.59. The van der Waals surface area contributed by atoms with Gasteiger partial charge in [-0.1, -0.05) is 39.8 Å². The SMILES string of the molecule is CCCN(CCC)c1nc(-c2ccc(Nc3nc(NCC(C)C)ccc3[N+](=O)[O-])cc2)cs1. The highest BCUT2D eigenvalue weighted by Crippen LogP contribution is 2.31. The molecule has 0 saturated carbocycles. The highest BCUT2D eigenvalue weighted by atomic mass is 32.1. The molecule has 0 aliphatic heterocycles. The third kappa shape index (κ3) is 6.64. The van der Waals surface area contributed by atoms with Crippen molar-refractivity contribution in [2.45, 2.75) is 40.5 Å². The van der Waals surface area contributed by atoms with Crippen molar-refractivity contribution in [2.24, 2.45) is 5.92 Å². The molecule has 33 heavy (non-hydrogen) atoms. The highest BCUT2D eigenvalue weighted by Gasteiger charge is 2.17. The van der Waals surface area contributed by atoms with Crippen LogP contribution in [-0.2, 0) is 0 Å². The second-order valence-corrected chi connectivity index (χ2v) is 9.14. The average molecular weight is 469 g/mol. The number of nitrogens with one attached hydrogen (secondary N) is 2. The molecular formula is C24H32N6O2S. The van der Waals surface area contributed by atoms with Crippen LogP contribution in [0.1, 0.15) is 40.5 Å². The van der Waals surface area contributed by atoms with Gasteiger partial charge in [-0.2, -0.15) is 0 Å². The van der Waals surface area contributed by atoms with Gasteiger partial charge in [-0.15, -0.1) is 11.3 Å². The molecule has 0 fully saturated rings. The third-order valence-electron chi connectivity index (χ3n) is 4.96. The number of rotatable bonds is 12. The Hall–Kier alpha value is -3.20. The Morgan fingerprint density at radius 2 is 1.76 bits per heavy atom. The van der Waals surface area contributed by atoms with Crippen LogP contribution in [-0.4, -0.2) is 34.5 Å². The summed E-state index contributed by atoms with van der Waals surface area (Å²) in [6.07, 6.45) is 2.17. The molecule has 0 aliphatic carbocycles. The Bertz CT molecular complexity index is 1050. The molecule has 3 aromatic rings. The molecule has 0 spiro atoms. The van der Waals surface area contributed by atoms with Gasteiger partial charge >= 0.3 is 5.69 Å². The molecule has 176 valence electrons. The molecule has 8 nitrogen and oxygen atoms in total. The van der Waals surface area contributed by atoms with Gasteiger partial charge in [0.15, 0.2) is 5.13 Å². The lowest BCUT2D eigenvalue weighted by molar-refractivity contribution is -0.384. The molecule has 3 rings (SSSR count). The van der Waals surface area contributed by atoms with Crippen molar-refractivity contribution < 1.29 is 4.92 Å². The Morgan fingerprint density at radius 1 is 1.06 bits per heavy atom. The number of anilines is 4. The number of pyridine rings is 1. The van der Waals surface area contributed by atoms with Gasteiger partial charge in [0.2, 0.25) is 5.82 Å². The van der Waals surface area contributed by atoms with E-state index in [-0.39, 0.29) is 11.5 Å². The van der Waals surface area contributed by atoms with Gasteiger partial charge in [0.25, 0.3) is 0 Å². The maximum atomic E-state index is 11.5. The number of nitrogens with zero attached hydrogens (tertiary/aromatic N) is 4. The van der Waals surface area contributed by atoms with Crippen molar-refractivity contribution in [3.8, 4) is 11.3 Å². The molecule has 0 amide bonds. The second-order valence-electron chi connectivity index (χ2n) is 8.30. The highest BCUT2D eigenvalue weighted by molar-refractivity contribution is 7.14. The lowest BCUT2D eigenvalue weighted by Gasteiger charge is -2.19. The zero-order valence-electron chi connectivity index (χ0n) is 19.7. The molecule has 1 aromatic carbocycles. The Labute approximate surface area is 199 Å². The minimum atomic E-state index is -0.426. The summed E-state index contributed by atoms with van der Waals surface area (Å²) in [6, 6.07) is 10.8. The molecule has 9 heteroatoms. The number of aromatic nitrogens is 2. The average Bonchev–Trinajstić information content (AvgIpc) is 3.28. The predicted molar refractivity (Wildman–Crippen MR) is 138 cm³/mol. The predicted octanol–water partition coefficient (Wildman–Crippen LogP) is 6.55. The van der Waals surface area contributed by atoms with Crippen LogP contribution in [0.3, 0.4) is 0 Å². The van der Waals surface area contributed by atoms with Crippen LogP contribution >= 0.6 is 11.3 Å². The Morgan fingerprint density at radius 3 is 2.36 bits per heavy atom. The van der Waals surface area contributed by atoms with Gasteiger partial charge in [0.1, 0.15) is 5.82 Å². The van der Waals surface area contributed by atoms with E-state index in [1.165, 1.54) is 6.07 Å². The van der Waals surface area contributed by atoms with Crippen LogP contribution in [0.2, 0.25) is 0 Å². The van der Waals surface area contributed by atoms with Gasteiger partial charge < -0.3 is 15.5 Å². The standard InChI is InChI=1S/C24H32N6O2S/c1-5-13-29(14-6-2)24-27-20(16-33-24)18-7-9-19(10-8-18)26-23-21(30(31)32)11-12-22(28-23)25-15-17(3)4/h7-12,16-17H,5-6,13-15H2,1-4H3,(H2,25,26,28). The molecule has 0 unspecified atom stereocenters. The molecule has 2 aromatic heterocycles. The molecule has 2 N–H and O–H groups in total. The fraction of sp³-hybridized carbons (Fsp3) is 0.417. The number of nitro groups is 1. The van der Waals surface area contributed by atoms with Crippen molar-refractivity contribution in [1.82, 2.24) is 9.97 Å². The van der Waals surface area contributed by atoms with Crippen molar-refractivity contribution in [3.63, 3.8) is 0 Å². The monoisotopic (exact) mass is 468 g/mol. The zero-order valence-corrected chi connectivity index (χ0v) is 20.5. The molecule has 2 heterocycles. The van der Waals surface area contributed by atoms with E-state index in [4.69, 9.17) is 4.98 Å². The molecule has 0 atom stereocenters. The third-order valence-corrected chi connectivity index (χ3v) is 5.86. The van der Waals surface area contributed by atoms with Crippen LogP contribution in [0.25, 0.3) is 11.3 Å². The molecule has 0 aliphatic rings. The summed E-state index contributed by atoms with van der Waals surface area (Å²) in [4.78, 5) is 22.6. The summed E-state index contributed by atoms with van der Waals surface area (Å²) >= 11 is 1.66. The number of hydrogen-bond donors (Lipinski definition) is 2. The van der Waals surface area contributed by atoms with E-state index in [1.54, 1.807) is 17.4 Å². The summed E-state index contributed by atoms with van der Waals surface area (Å²) in [7, 11) is 0. The summed E-state index contributed by atoms with van der Waals surface area (Å²) in [6.45, 7) is 11.3. The van der Waals surface area contributed by atoms with E-state index in [1.807, 2.05) is 24.3 Å². The van der Waals surface area contributed by atoms with Crippen molar-refractivity contribution >= 4 is 39.5 Å². The fourth-order valence-corrected chi connectivity index (χ4v) is 4.23. The van der Waals surface area contributed by atoms with E-state index in [0.717, 1.165) is 54.6 Å². The first kappa shape index (κ1) is 24.4. The quantitative estimate of drug-likeness (QED) is 0.230. The topological polar surface area (TPSA) is 96.2 Å². The minimum absolute atomic E-state index is 0.0646. The number of thiazole rings is 1.